The maximum absolute atomic E-state index is 12.2. The lowest BCUT2D eigenvalue weighted by atomic mass is 10.5. The van der Waals surface area contributed by atoms with Gasteiger partial charge in [0.25, 0.3) is 5.83 Å². The van der Waals surface area contributed by atoms with E-state index in [0.717, 1.165) is 0 Å². The van der Waals surface area contributed by atoms with E-state index in [2.05, 4.69) is 0 Å². The first-order valence-electron chi connectivity index (χ1n) is 3.25. The van der Waals surface area contributed by atoms with Crippen LogP contribution >= 0.6 is 0 Å². The SMILES string of the molecule is FC(=C(F)C(F)(F)F)N(C(F)(F)F)C(F)(F)F. The number of rotatable bonds is 1. The third kappa shape index (κ3) is 3.93. The molecule has 0 N–H and O–H groups in total. The molecule has 0 saturated carbocycles. The van der Waals surface area contributed by atoms with Crippen molar-refractivity contribution in [3.63, 3.8) is 0 Å². The van der Waals surface area contributed by atoms with Gasteiger partial charge in [0.2, 0.25) is 5.95 Å². The van der Waals surface area contributed by atoms with Gasteiger partial charge in [-0.15, -0.1) is 26.3 Å². The molecule has 0 heterocycles. The first-order valence-corrected chi connectivity index (χ1v) is 3.25. The predicted molar refractivity (Wildman–Crippen MR) is 29.2 cm³/mol. The molecule has 102 valence electrons. The van der Waals surface area contributed by atoms with E-state index in [4.69, 9.17) is 0 Å². The molecule has 0 rings (SSSR count). The summed E-state index contributed by atoms with van der Waals surface area (Å²) in [6, 6.07) is 0. The van der Waals surface area contributed by atoms with E-state index in [1.54, 1.807) is 0 Å². The average Bonchev–Trinajstić information content (AvgIpc) is 1.94. The van der Waals surface area contributed by atoms with Crippen LogP contribution in [0.3, 0.4) is 0 Å². The number of hydrogen-bond acceptors (Lipinski definition) is 1. The molecule has 0 amide bonds. The summed E-state index contributed by atoms with van der Waals surface area (Å²) in [6.07, 6.45) is -19.5. The van der Waals surface area contributed by atoms with Gasteiger partial charge >= 0.3 is 18.8 Å². The molecule has 0 aromatic heterocycles. The van der Waals surface area contributed by atoms with Gasteiger partial charge in [-0.1, -0.05) is 0 Å². The van der Waals surface area contributed by atoms with Crippen molar-refractivity contribution in [2.24, 2.45) is 0 Å². The predicted octanol–water partition coefficient (Wildman–Crippen LogP) is 4.00. The number of allylic oxidation sites excluding steroid dienone is 1. The van der Waals surface area contributed by atoms with E-state index in [-0.39, 0.29) is 0 Å². The molecule has 0 saturated heterocycles. The molecule has 0 aliphatic heterocycles. The van der Waals surface area contributed by atoms with Gasteiger partial charge in [0, 0.05) is 0 Å². The third-order valence-electron chi connectivity index (χ3n) is 1.13. The summed E-state index contributed by atoms with van der Waals surface area (Å²) in [5, 5.41) is 0. The van der Waals surface area contributed by atoms with Crippen molar-refractivity contribution in [2.45, 2.75) is 18.8 Å². The van der Waals surface area contributed by atoms with Crippen LogP contribution in [0.4, 0.5) is 48.3 Å². The maximum atomic E-state index is 12.2. The van der Waals surface area contributed by atoms with Crippen molar-refractivity contribution in [2.75, 3.05) is 0 Å². The third-order valence-corrected chi connectivity index (χ3v) is 1.13. The van der Waals surface area contributed by atoms with Gasteiger partial charge in [-0.2, -0.15) is 26.9 Å². The Balaban J connectivity index is 5.69. The fraction of sp³-hybridized carbons (Fsp3) is 0.600. The number of nitrogens with zero attached hydrogens (tertiary/aromatic N) is 1. The summed E-state index contributed by atoms with van der Waals surface area (Å²) in [6.45, 7) is 0. The van der Waals surface area contributed by atoms with E-state index in [1.165, 1.54) is 0 Å². The molecule has 0 aromatic rings. The second-order valence-corrected chi connectivity index (χ2v) is 2.37. The normalized spacial score (nSPS) is 15.7. The van der Waals surface area contributed by atoms with Crippen LogP contribution in [0.2, 0.25) is 0 Å². The van der Waals surface area contributed by atoms with Crippen molar-refractivity contribution >= 4 is 0 Å². The first-order chi connectivity index (χ1) is 7.19. The van der Waals surface area contributed by atoms with E-state index in [9.17, 15) is 48.3 Å². The maximum Gasteiger partial charge on any atom is 0.493 e. The molecular weight excluding hydrogens is 283 g/mol. The van der Waals surface area contributed by atoms with Crippen molar-refractivity contribution in [3.8, 4) is 0 Å². The monoisotopic (exact) mass is 283 g/mol. The van der Waals surface area contributed by atoms with Crippen LogP contribution < -0.4 is 0 Å². The Labute approximate surface area is 85.1 Å². The molecule has 0 radical (unpaired) electrons. The molecule has 0 unspecified atom stereocenters. The van der Waals surface area contributed by atoms with Crippen LogP contribution in [-0.4, -0.2) is 23.7 Å². The molecule has 0 bridgehead atoms. The zero-order chi connectivity index (χ0) is 14.2. The Morgan fingerprint density at radius 1 is 0.647 bits per heavy atom. The second-order valence-electron chi connectivity index (χ2n) is 2.37. The molecule has 0 spiro atoms. The lowest BCUT2D eigenvalue weighted by Crippen LogP contribution is -2.47. The van der Waals surface area contributed by atoms with E-state index < -0.39 is 35.5 Å². The van der Waals surface area contributed by atoms with Crippen LogP contribution in [0, 0.1) is 0 Å². The van der Waals surface area contributed by atoms with Crippen LogP contribution in [0.15, 0.2) is 11.8 Å². The summed E-state index contributed by atoms with van der Waals surface area (Å²) in [7, 11) is 0. The van der Waals surface area contributed by atoms with E-state index >= 15 is 0 Å². The molecular formula is C5F11N. The molecule has 0 atom stereocenters. The van der Waals surface area contributed by atoms with Crippen molar-refractivity contribution in [1.29, 1.82) is 0 Å². The number of halogens is 11. The summed E-state index contributed by atoms with van der Waals surface area (Å²) >= 11 is 0. The fourth-order valence-corrected chi connectivity index (χ4v) is 0.581. The van der Waals surface area contributed by atoms with Gasteiger partial charge < -0.3 is 0 Å². The van der Waals surface area contributed by atoms with Crippen LogP contribution in [0.5, 0.6) is 0 Å². The number of hydrogen-bond donors (Lipinski definition) is 0. The minimum Gasteiger partial charge on any atom is -0.197 e. The highest BCUT2D eigenvalue weighted by Crippen LogP contribution is 2.41. The average molecular weight is 283 g/mol. The molecule has 0 fully saturated rings. The van der Waals surface area contributed by atoms with Gasteiger partial charge in [-0.3, -0.25) is 0 Å². The van der Waals surface area contributed by atoms with Crippen LogP contribution in [0.25, 0.3) is 0 Å². The standard InChI is InChI=1S/C5F11N/c6-1(3(8,9)10)2(7)17(4(11,12)13)5(14,15)16. The Morgan fingerprint density at radius 3 is 1.12 bits per heavy atom. The molecule has 17 heavy (non-hydrogen) atoms. The zero-order valence-electron chi connectivity index (χ0n) is 7.10. The van der Waals surface area contributed by atoms with Crippen LogP contribution in [-0.2, 0) is 0 Å². The van der Waals surface area contributed by atoms with E-state index in [0.29, 0.717) is 0 Å². The molecule has 1 nitrogen and oxygen atoms in total. The summed E-state index contributed by atoms with van der Waals surface area (Å²) < 4.78 is 128. The first kappa shape index (κ1) is 15.8. The zero-order valence-corrected chi connectivity index (χ0v) is 7.10. The molecule has 0 aromatic carbocycles. The van der Waals surface area contributed by atoms with Crippen molar-refractivity contribution in [1.82, 2.24) is 4.90 Å². The van der Waals surface area contributed by atoms with Crippen molar-refractivity contribution < 1.29 is 48.3 Å². The molecule has 0 aliphatic rings. The van der Waals surface area contributed by atoms with Crippen LogP contribution in [0.1, 0.15) is 0 Å². The Hall–Kier alpha value is -1.23. The van der Waals surface area contributed by atoms with Gasteiger partial charge in [0.05, 0.1) is 0 Å². The largest absolute Gasteiger partial charge is 0.493 e. The topological polar surface area (TPSA) is 3.24 Å². The van der Waals surface area contributed by atoms with E-state index in [1.807, 2.05) is 0 Å². The summed E-state index contributed by atoms with van der Waals surface area (Å²) in [5.41, 5.74) is 0. The number of alkyl halides is 9. The highest BCUT2D eigenvalue weighted by molar-refractivity contribution is 5.06. The van der Waals surface area contributed by atoms with Crippen molar-refractivity contribution in [3.05, 3.63) is 11.8 Å². The Bertz CT molecular complexity index is 289. The highest BCUT2D eigenvalue weighted by Gasteiger charge is 2.58. The smallest absolute Gasteiger partial charge is 0.197 e. The van der Waals surface area contributed by atoms with Gasteiger partial charge in [-0.05, 0) is 0 Å². The molecule has 0 aliphatic carbocycles. The summed E-state index contributed by atoms with van der Waals surface area (Å²) in [5.74, 6) is -8.26. The lowest BCUT2D eigenvalue weighted by molar-refractivity contribution is -0.366. The highest BCUT2D eigenvalue weighted by atomic mass is 19.4. The Morgan fingerprint density at radius 2 is 0.941 bits per heavy atom. The Kier molecular flexibility index (Phi) is 3.91. The van der Waals surface area contributed by atoms with Gasteiger partial charge in [0.15, 0.2) is 0 Å². The minimum atomic E-state index is -6.59. The van der Waals surface area contributed by atoms with Gasteiger partial charge in [-0.25, -0.2) is 0 Å². The lowest BCUT2D eigenvalue weighted by Gasteiger charge is -2.26. The quantitative estimate of drug-likeness (QED) is 0.519. The fourth-order valence-electron chi connectivity index (χ4n) is 0.581. The molecule has 12 heteroatoms. The second kappa shape index (κ2) is 4.22. The minimum absolute atomic E-state index is 3.22. The summed E-state index contributed by atoms with van der Waals surface area (Å²) in [4.78, 5) is -3.22. The van der Waals surface area contributed by atoms with Gasteiger partial charge in [0.1, 0.15) is 0 Å².